The SMILES string of the molecule is COC(=O)c1cncc(C(=O)N2CC3CC=CCC3C2)c1. The molecular formula is C16H18N2O3. The Morgan fingerprint density at radius 2 is 1.76 bits per heavy atom. The number of methoxy groups -OCH3 is 1. The van der Waals surface area contributed by atoms with Crippen LogP contribution in [0.15, 0.2) is 30.6 Å². The summed E-state index contributed by atoms with van der Waals surface area (Å²) in [6.45, 7) is 1.58. The standard InChI is InChI=1S/C16H18N2O3/c1-21-16(20)14-6-13(7-17-8-14)15(19)18-9-11-4-2-3-5-12(11)10-18/h2-3,6-8,11-12H,4-5,9-10H2,1H3. The Morgan fingerprint density at radius 1 is 1.14 bits per heavy atom. The number of aromatic nitrogens is 1. The molecule has 1 fully saturated rings. The number of likely N-dealkylation sites (tertiary alicyclic amines) is 1. The minimum atomic E-state index is -0.476. The van der Waals surface area contributed by atoms with E-state index in [1.165, 1.54) is 19.5 Å². The van der Waals surface area contributed by atoms with Gasteiger partial charge in [0.25, 0.3) is 5.91 Å². The Bertz CT molecular complexity index is 581. The molecule has 2 unspecified atom stereocenters. The van der Waals surface area contributed by atoms with Crippen LogP contribution in [0.1, 0.15) is 33.6 Å². The number of pyridine rings is 1. The molecule has 1 saturated heterocycles. The molecule has 1 amide bonds. The van der Waals surface area contributed by atoms with E-state index < -0.39 is 5.97 Å². The molecule has 1 aliphatic heterocycles. The second-order valence-corrected chi connectivity index (χ2v) is 5.63. The van der Waals surface area contributed by atoms with Crippen LogP contribution in [0.2, 0.25) is 0 Å². The lowest BCUT2D eigenvalue weighted by Crippen LogP contribution is -2.29. The van der Waals surface area contributed by atoms with Crippen LogP contribution in [0.3, 0.4) is 0 Å². The molecule has 3 rings (SSSR count). The zero-order chi connectivity index (χ0) is 14.8. The summed E-state index contributed by atoms with van der Waals surface area (Å²) < 4.78 is 4.66. The molecule has 2 heterocycles. The second kappa shape index (κ2) is 5.68. The average Bonchev–Trinajstić information content (AvgIpc) is 2.97. The van der Waals surface area contributed by atoms with E-state index in [1.807, 2.05) is 4.90 Å². The molecule has 0 N–H and O–H groups in total. The Balaban J connectivity index is 1.75. The number of hydrogen-bond donors (Lipinski definition) is 0. The minimum absolute atomic E-state index is 0.0531. The summed E-state index contributed by atoms with van der Waals surface area (Å²) in [5.41, 5.74) is 0.756. The van der Waals surface area contributed by atoms with Gasteiger partial charge in [0.2, 0.25) is 0 Å². The number of rotatable bonds is 2. The molecule has 0 saturated carbocycles. The van der Waals surface area contributed by atoms with Gasteiger partial charge in [0.05, 0.1) is 18.2 Å². The molecule has 0 bridgehead atoms. The summed E-state index contributed by atoms with van der Waals surface area (Å²) >= 11 is 0. The van der Waals surface area contributed by atoms with Gasteiger partial charge in [0.1, 0.15) is 0 Å². The smallest absolute Gasteiger partial charge is 0.339 e. The zero-order valence-electron chi connectivity index (χ0n) is 12.0. The molecule has 21 heavy (non-hydrogen) atoms. The maximum atomic E-state index is 12.6. The largest absolute Gasteiger partial charge is 0.465 e. The molecule has 5 nitrogen and oxygen atoms in total. The second-order valence-electron chi connectivity index (χ2n) is 5.63. The monoisotopic (exact) mass is 286 g/mol. The van der Waals surface area contributed by atoms with Crippen molar-refractivity contribution >= 4 is 11.9 Å². The van der Waals surface area contributed by atoms with Crippen molar-refractivity contribution in [3.05, 3.63) is 41.7 Å². The summed E-state index contributed by atoms with van der Waals surface area (Å²) in [4.78, 5) is 29.9. The predicted molar refractivity (Wildman–Crippen MR) is 76.8 cm³/mol. The summed E-state index contributed by atoms with van der Waals surface area (Å²) in [6, 6.07) is 1.56. The molecule has 1 aromatic heterocycles. The fourth-order valence-corrected chi connectivity index (χ4v) is 3.15. The lowest BCUT2D eigenvalue weighted by Gasteiger charge is -2.17. The normalized spacial score (nSPS) is 23.8. The van der Waals surface area contributed by atoms with Gasteiger partial charge in [-0.2, -0.15) is 0 Å². The van der Waals surface area contributed by atoms with Gasteiger partial charge in [-0.25, -0.2) is 4.79 Å². The number of ether oxygens (including phenoxy) is 1. The first-order valence-corrected chi connectivity index (χ1v) is 7.16. The number of esters is 1. The Kier molecular flexibility index (Phi) is 3.73. The van der Waals surface area contributed by atoms with Crippen molar-refractivity contribution < 1.29 is 14.3 Å². The topological polar surface area (TPSA) is 59.5 Å². The fourth-order valence-electron chi connectivity index (χ4n) is 3.15. The molecule has 1 aliphatic carbocycles. The van der Waals surface area contributed by atoms with Gasteiger partial charge in [-0.3, -0.25) is 9.78 Å². The fraction of sp³-hybridized carbons (Fsp3) is 0.438. The van der Waals surface area contributed by atoms with Crippen LogP contribution >= 0.6 is 0 Å². The first-order chi connectivity index (χ1) is 10.2. The molecule has 2 atom stereocenters. The van der Waals surface area contributed by atoms with Crippen molar-refractivity contribution in [2.45, 2.75) is 12.8 Å². The first-order valence-electron chi connectivity index (χ1n) is 7.16. The first kappa shape index (κ1) is 13.8. The Hall–Kier alpha value is -2.17. The highest BCUT2D eigenvalue weighted by Crippen LogP contribution is 2.33. The molecule has 0 aromatic carbocycles. The summed E-state index contributed by atoms with van der Waals surface area (Å²) in [5, 5.41) is 0. The van der Waals surface area contributed by atoms with Crippen LogP contribution in [-0.2, 0) is 4.74 Å². The van der Waals surface area contributed by atoms with Gasteiger partial charge in [0, 0.05) is 25.5 Å². The Morgan fingerprint density at radius 3 is 2.38 bits per heavy atom. The van der Waals surface area contributed by atoms with Gasteiger partial charge in [-0.1, -0.05) is 12.2 Å². The van der Waals surface area contributed by atoms with Gasteiger partial charge in [-0.05, 0) is 30.7 Å². The van der Waals surface area contributed by atoms with E-state index in [1.54, 1.807) is 6.07 Å². The van der Waals surface area contributed by atoms with Gasteiger partial charge >= 0.3 is 5.97 Å². The van der Waals surface area contributed by atoms with E-state index in [2.05, 4.69) is 21.9 Å². The number of fused-ring (bicyclic) bond motifs is 1. The van der Waals surface area contributed by atoms with Crippen LogP contribution in [0.4, 0.5) is 0 Å². The quantitative estimate of drug-likeness (QED) is 0.615. The highest BCUT2D eigenvalue weighted by atomic mass is 16.5. The van der Waals surface area contributed by atoms with Crippen molar-refractivity contribution in [3.63, 3.8) is 0 Å². The summed E-state index contributed by atoms with van der Waals surface area (Å²) in [7, 11) is 1.31. The van der Waals surface area contributed by atoms with Crippen LogP contribution < -0.4 is 0 Å². The summed E-state index contributed by atoms with van der Waals surface area (Å²) in [6.07, 6.45) is 9.43. The maximum absolute atomic E-state index is 12.6. The lowest BCUT2D eigenvalue weighted by molar-refractivity contribution is 0.0600. The number of amides is 1. The van der Waals surface area contributed by atoms with Crippen molar-refractivity contribution in [3.8, 4) is 0 Å². The molecule has 0 spiro atoms. The average molecular weight is 286 g/mol. The van der Waals surface area contributed by atoms with E-state index in [-0.39, 0.29) is 5.91 Å². The van der Waals surface area contributed by atoms with E-state index in [4.69, 9.17) is 0 Å². The maximum Gasteiger partial charge on any atom is 0.339 e. The zero-order valence-corrected chi connectivity index (χ0v) is 12.0. The van der Waals surface area contributed by atoms with Crippen LogP contribution in [-0.4, -0.2) is 42.0 Å². The van der Waals surface area contributed by atoms with E-state index in [0.29, 0.717) is 23.0 Å². The van der Waals surface area contributed by atoms with Gasteiger partial charge in [0.15, 0.2) is 0 Å². The van der Waals surface area contributed by atoms with E-state index in [0.717, 1.165) is 25.9 Å². The van der Waals surface area contributed by atoms with Crippen LogP contribution in [0, 0.1) is 11.8 Å². The number of carbonyl (C=O) groups excluding carboxylic acids is 2. The molecule has 2 aliphatic rings. The minimum Gasteiger partial charge on any atom is -0.465 e. The third-order valence-electron chi connectivity index (χ3n) is 4.31. The van der Waals surface area contributed by atoms with E-state index in [9.17, 15) is 9.59 Å². The van der Waals surface area contributed by atoms with E-state index >= 15 is 0 Å². The van der Waals surface area contributed by atoms with Gasteiger partial charge < -0.3 is 9.64 Å². The third-order valence-corrected chi connectivity index (χ3v) is 4.31. The predicted octanol–water partition coefficient (Wildman–Crippen LogP) is 1.91. The van der Waals surface area contributed by atoms with Crippen molar-refractivity contribution in [1.29, 1.82) is 0 Å². The number of hydrogen-bond acceptors (Lipinski definition) is 4. The number of carbonyl (C=O) groups is 2. The van der Waals surface area contributed by atoms with Crippen LogP contribution in [0.25, 0.3) is 0 Å². The number of allylic oxidation sites excluding steroid dienone is 2. The van der Waals surface area contributed by atoms with Crippen molar-refractivity contribution in [2.75, 3.05) is 20.2 Å². The lowest BCUT2D eigenvalue weighted by atomic mass is 9.86. The third kappa shape index (κ3) is 2.68. The molecule has 0 radical (unpaired) electrons. The van der Waals surface area contributed by atoms with Gasteiger partial charge in [-0.15, -0.1) is 0 Å². The molecule has 1 aromatic rings. The van der Waals surface area contributed by atoms with Crippen molar-refractivity contribution in [1.82, 2.24) is 9.88 Å². The molecule has 5 heteroatoms. The Labute approximate surface area is 123 Å². The number of nitrogens with zero attached hydrogens (tertiary/aromatic N) is 2. The molecular weight excluding hydrogens is 268 g/mol. The van der Waals surface area contributed by atoms with Crippen molar-refractivity contribution in [2.24, 2.45) is 11.8 Å². The highest BCUT2D eigenvalue weighted by Gasteiger charge is 2.35. The van der Waals surface area contributed by atoms with Crippen LogP contribution in [0.5, 0.6) is 0 Å². The highest BCUT2D eigenvalue weighted by molar-refractivity contribution is 5.97. The summed E-state index contributed by atoms with van der Waals surface area (Å²) in [5.74, 6) is 0.602. The molecule has 110 valence electrons.